The summed E-state index contributed by atoms with van der Waals surface area (Å²) in [6, 6.07) is 5.73. The van der Waals surface area contributed by atoms with Gasteiger partial charge in [-0.15, -0.1) is 0 Å². The molecule has 0 saturated heterocycles. The minimum atomic E-state index is 0.702. The normalized spacial score (nSPS) is 12.1. The van der Waals surface area contributed by atoms with Crippen LogP contribution in [0.1, 0.15) is 12.5 Å². The van der Waals surface area contributed by atoms with Crippen molar-refractivity contribution in [1.29, 1.82) is 5.41 Å². The number of methoxy groups -OCH3 is 2. The second kappa shape index (κ2) is 7.93. The molecule has 0 unspecified atom stereocenters. The molecule has 1 N–H and O–H groups in total. The van der Waals surface area contributed by atoms with Crippen LogP contribution in [0.5, 0.6) is 11.5 Å². The molecule has 0 aromatic heterocycles. The van der Waals surface area contributed by atoms with Crippen molar-refractivity contribution < 1.29 is 9.47 Å². The van der Waals surface area contributed by atoms with Crippen LogP contribution in [0, 0.1) is 5.41 Å². The van der Waals surface area contributed by atoms with Crippen molar-refractivity contribution in [2.75, 3.05) is 14.2 Å². The SMILES string of the molecule is C\C=C/C(/C=C/c1ccc(OC)c(OC)c1)=C\C=N. The van der Waals surface area contributed by atoms with Gasteiger partial charge in [0.05, 0.1) is 14.2 Å². The molecular weight excluding hydrogens is 238 g/mol. The second-order valence-electron chi connectivity index (χ2n) is 3.78. The van der Waals surface area contributed by atoms with E-state index in [-0.39, 0.29) is 0 Å². The van der Waals surface area contributed by atoms with E-state index < -0.39 is 0 Å². The van der Waals surface area contributed by atoms with Gasteiger partial charge >= 0.3 is 0 Å². The van der Waals surface area contributed by atoms with Crippen LogP contribution in [0.3, 0.4) is 0 Å². The van der Waals surface area contributed by atoms with E-state index >= 15 is 0 Å². The summed E-state index contributed by atoms with van der Waals surface area (Å²) in [5, 5.41) is 7.11. The number of rotatable bonds is 6. The smallest absolute Gasteiger partial charge is 0.161 e. The molecule has 1 aromatic carbocycles. The molecule has 3 nitrogen and oxygen atoms in total. The van der Waals surface area contributed by atoms with Gasteiger partial charge in [0, 0.05) is 6.21 Å². The molecule has 0 fully saturated rings. The van der Waals surface area contributed by atoms with E-state index in [0.717, 1.165) is 11.1 Å². The standard InChI is InChI=1S/C16H19NO2/c1-4-5-13(10-11-17)6-7-14-8-9-15(18-2)16(12-14)19-3/h4-12,17H,1-3H3/b5-4-,7-6+,13-10+,17-11?. The van der Waals surface area contributed by atoms with Crippen LogP contribution in [-0.2, 0) is 0 Å². The molecule has 0 atom stereocenters. The first kappa shape index (κ1) is 14.8. The van der Waals surface area contributed by atoms with Crippen LogP contribution in [0.4, 0.5) is 0 Å². The number of hydrogen-bond donors (Lipinski definition) is 1. The summed E-state index contributed by atoms with van der Waals surface area (Å²) in [6.45, 7) is 1.95. The molecule has 0 aliphatic rings. The Morgan fingerprint density at radius 3 is 2.42 bits per heavy atom. The van der Waals surface area contributed by atoms with E-state index in [2.05, 4.69) is 0 Å². The molecule has 0 heterocycles. The molecule has 100 valence electrons. The molecule has 0 aliphatic heterocycles. The molecular formula is C16H19NO2. The van der Waals surface area contributed by atoms with Crippen LogP contribution in [-0.4, -0.2) is 20.4 Å². The summed E-state index contributed by atoms with van der Waals surface area (Å²) in [6.07, 6.45) is 10.8. The predicted molar refractivity (Wildman–Crippen MR) is 80.3 cm³/mol. The number of benzene rings is 1. The summed E-state index contributed by atoms with van der Waals surface area (Å²) >= 11 is 0. The summed E-state index contributed by atoms with van der Waals surface area (Å²) in [5.41, 5.74) is 1.98. The number of nitrogens with one attached hydrogen (secondary N) is 1. The topological polar surface area (TPSA) is 42.3 Å². The fourth-order valence-corrected chi connectivity index (χ4v) is 1.60. The Morgan fingerprint density at radius 1 is 1.11 bits per heavy atom. The minimum Gasteiger partial charge on any atom is -0.493 e. The van der Waals surface area contributed by atoms with Gasteiger partial charge in [-0.2, -0.15) is 0 Å². The zero-order chi connectivity index (χ0) is 14.1. The third-order valence-corrected chi connectivity index (χ3v) is 2.51. The van der Waals surface area contributed by atoms with Crippen molar-refractivity contribution in [2.24, 2.45) is 0 Å². The average Bonchev–Trinajstić information content (AvgIpc) is 2.44. The van der Waals surface area contributed by atoms with Gasteiger partial charge in [-0.3, -0.25) is 0 Å². The van der Waals surface area contributed by atoms with Crippen molar-refractivity contribution >= 4 is 12.3 Å². The molecule has 19 heavy (non-hydrogen) atoms. The van der Waals surface area contributed by atoms with Crippen LogP contribution in [0.15, 0.2) is 48.1 Å². The Morgan fingerprint density at radius 2 is 1.84 bits per heavy atom. The third kappa shape index (κ3) is 4.47. The molecule has 0 spiro atoms. The Balaban J connectivity index is 2.98. The minimum absolute atomic E-state index is 0.702. The number of hydrogen-bond acceptors (Lipinski definition) is 3. The van der Waals surface area contributed by atoms with Gasteiger partial charge in [0.25, 0.3) is 0 Å². The summed E-state index contributed by atoms with van der Waals surface area (Å²) in [5.74, 6) is 1.41. The van der Waals surface area contributed by atoms with Gasteiger partial charge in [0.15, 0.2) is 11.5 Å². The highest BCUT2D eigenvalue weighted by Crippen LogP contribution is 2.28. The third-order valence-electron chi connectivity index (χ3n) is 2.51. The lowest BCUT2D eigenvalue weighted by molar-refractivity contribution is 0.355. The largest absolute Gasteiger partial charge is 0.493 e. The van der Waals surface area contributed by atoms with Gasteiger partial charge in [0.2, 0.25) is 0 Å². The van der Waals surface area contributed by atoms with E-state index in [9.17, 15) is 0 Å². The van der Waals surface area contributed by atoms with Gasteiger partial charge in [0.1, 0.15) is 0 Å². The molecule has 0 radical (unpaired) electrons. The molecule has 0 bridgehead atoms. The zero-order valence-electron chi connectivity index (χ0n) is 11.5. The van der Waals surface area contributed by atoms with Crippen molar-refractivity contribution in [3.63, 3.8) is 0 Å². The molecule has 1 rings (SSSR count). The fraction of sp³-hybridized carbons (Fsp3) is 0.188. The Hall–Kier alpha value is -2.29. The van der Waals surface area contributed by atoms with E-state index in [0.29, 0.717) is 11.5 Å². The summed E-state index contributed by atoms with van der Waals surface area (Å²) < 4.78 is 10.4. The summed E-state index contributed by atoms with van der Waals surface area (Å²) in [7, 11) is 3.23. The summed E-state index contributed by atoms with van der Waals surface area (Å²) in [4.78, 5) is 0. The monoisotopic (exact) mass is 257 g/mol. The first-order chi connectivity index (χ1) is 9.24. The van der Waals surface area contributed by atoms with Crippen LogP contribution >= 0.6 is 0 Å². The van der Waals surface area contributed by atoms with Crippen LogP contribution < -0.4 is 9.47 Å². The van der Waals surface area contributed by atoms with E-state index in [1.54, 1.807) is 20.3 Å². The van der Waals surface area contributed by atoms with Crippen molar-refractivity contribution in [3.05, 3.63) is 53.6 Å². The van der Waals surface area contributed by atoms with Crippen LogP contribution in [0.2, 0.25) is 0 Å². The maximum atomic E-state index is 7.11. The van der Waals surface area contributed by atoms with Gasteiger partial charge < -0.3 is 14.9 Å². The Bertz CT molecular complexity index is 513. The molecule has 1 aromatic rings. The first-order valence-corrected chi connectivity index (χ1v) is 5.98. The van der Waals surface area contributed by atoms with Gasteiger partial charge in [-0.1, -0.05) is 30.4 Å². The van der Waals surface area contributed by atoms with Crippen molar-refractivity contribution in [2.45, 2.75) is 6.92 Å². The lowest BCUT2D eigenvalue weighted by Crippen LogP contribution is -1.90. The first-order valence-electron chi connectivity index (χ1n) is 5.98. The quantitative estimate of drug-likeness (QED) is 0.621. The highest BCUT2D eigenvalue weighted by atomic mass is 16.5. The number of allylic oxidation sites excluding steroid dienone is 5. The molecule has 0 aliphatic carbocycles. The van der Waals surface area contributed by atoms with Crippen LogP contribution in [0.25, 0.3) is 6.08 Å². The average molecular weight is 257 g/mol. The van der Waals surface area contributed by atoms with Crippen molar-refractivity contribution in [1.82, 2.24) is 0 Å². The number of ether oxygens (including phenoxy) is 2. The second-order valence-corrected chi connectivity index (χ2v) is 3.78. The Labute approximate surface area is 114 Å². The lowest BCUT2D eigenvalue weighted by atomic mass is 10.1. The Kier molecular flexibility index (Phi) is 6.16. The maximum absolute atomic E-state index is 7.11. The van der Waals surface area contributed by atoms with Crippen molar-refractivity contribution in [3.8, 4) is 11.5 Å². The zero-order valence-corrected chi connectivity index (χ0v) is 11.5. The van der Waals surface area contributed by atoms with E-state index in [1.807, 2.05) is 49.4 Å². The predicted octanol–water partition coefficient (Wildman–Crippen LogP) is 3.87. The maximum Gasteiger partial charge on any atom is 0.161 e. The van der Waals surface area contributed by atoms with E-state index in [4.69, 9.17) is 14.9 Å². The van der Waals surface area contributed by atoms with Gasteiger partial charge in [-0.05, 0) is 36.3 Å². The lowest BCUT2D eigenvalue weighted by Gasteiger charge is -2.07. The van der Waals surface area contributed by atoms with Gasteiger partial charge in [-0.25, -0.2) is 0 Å². The molecule has 0 saturated carbocycles. The fourth-order valence-electron chi connectivity index (χ4n) is 1.60. The van der Waals surface area contributed by atoms with E-state index in [1.165, 1.54) is 6.21 Å². The molecule has 0 amide bonds. The molecule has 3 heteroatoms. The highest BCUT2D eigenvalue weighted by molar-refractivity contribution is 5.72. The highest BCUT2D eigenvalue weighted by Gasteiger charge is 2.02.